The summed E-state index contributed by atoms with van der Waals surface area (Å²) < 4.78 is 12.3. The van der Waals surface area contributed by atoms with Crippen LogP contribution >= 0.6 is 0 Å². The van der Waals surface area contributed by atoms with Gasteiger partial charge in [0.15, 0.2) is 0 Å². The summed E-state index contributed by atoms with van der Waals surface area (Å²) in [4.78, 5) is 12.3. The summed E-state index contributed by atoms with van der Waals surface area (Å²) in [6.45, 7) is 31.0. The highest BCUT2D eigenvalue weighted by molar-refractivity contribution is 5.83. The first kappa shape index (κ1) is 32.1. The fraction of sp³-hybridized carbons (Fsp3) is 0.833. The molecule has 0 aliphatic heterocycles. The Labute approximate surface area is 206 Å². The molecule has 0 aromatic rings. The Bertz CT molecular complexity index is 599. The molecule has 0 fully saturated rings. The van der Waals surface area contributed by atoms with Crippen LogP contribution in [0.4, 0.5) is 0 Å². The van der Waals surface area contributed by atoms with Gasteiger partial charge in [0, 0.05) is 30.5 Å². The smallest absolute Gasteiger partial charge is 0.138 e. The minimum atomic E-state index is -0.306. The van der Waals surface area contributed by atoms with Gasteiger partial charge in [-0.1, -0.05) is 59.3 Å². The number of Topliss-reactive ketones (excluding diaryl/α,β-unsaturated/α-hetero) is 1. The van der Waals surface area contributed by atoms with Crippen LogP contribution in [0.3, 0.4) is 0 Å². The molecule has 0 aromatic heterocycles. The average molecular weight is 465 g/mol. The van der Waals surface area contributed by atoms with E-state index in [-0.39, 0.29) is 22.0 Å². The first-order valence-corrected chi connectivity index (χ1v) is 13.0. The molecule has 0 N–H and O–H groups in total. The number of carbonyl (C=O) groups is 1. The topological polar surface area (TPSA) is 35.5 Å². The number of ketones is 1. The predicted molar refractivity (Wildman–Crippen MR) is 144 cm³/mol. The lowest BCUT2D eigenvalue weighted by atomic mass is 9.70. The van der Waals surface area contributed by atoms with Gasteiger partial charge in [-0.05, 0) is 79.1 Å². The zero-order chi connectivity index (χ0) is 25.9. The van der Waals surface area contributed by atoms with Crippen molar-refractivity contribution in [3.05, 3.63) is 24.8 Å². The van der Waals surface area contributed by atoms with Crippen LogP contribution in [0.5, 0.6) is 0 Å². The lowest BCUT2D eigenvalue weighted by molar-refractivity contribution is -0.126. The van der Waals surface area contributed by atoms with Gasteiger partial charge in [-0.15, -0.1) is 6.58 Å². The summed E-state index contributed by atoms with van der Waals surface area (Å²) in [7, 11) is 0. The molecule has 0 heterocycles. The van der Waals surface area contributed by atoms with Crippen LogP contribution in [0.25, 0.3) is 0 Å². The number of hydrogen-bond acceptors (Lipinski definition) is 3. The number of rotatable bonds is 17. The molecule has 0 amide bonds. The molecular weight excluding hydrogens is 408 g/mol. The molecule has 0 aromatic carbocycles. The maximum atomic E-state index is 12.3. The van der Waals surface area contributed by atoms with E-state index in [1.165, 1.54) is 5.57 Å². The van der Waals surface area contributed by atoms with Crippen molar-refractivity contribution in [1.82, 2.24) is 0 Å². The van der Waals surface area contributed by atoms with Crippen molar-refractivity contribution in [2.24, 2.45) is 16.7 Å². The Hall–Kier alpha value is -0.930. The minimum Gasteiger partial charge on any atom is -0.376 e. The third kappa shape index (κ3) is 12.9. The Morgan fingerprint density at radius 1 is 0.818 bits per heavy atom. The van der Waals surface area contributed by atoms with Crippen molar-refractivity contribution in [3.63, 3.8) is 0 Å². The molecule has 0 saturated heterocycles. The zero-order valence-corrected chi connectivity index (χ0v) is 23.9. The van der Waals surface area contributed by atoms with Crippen LogP contribution < -0.4 is 0 Å². The number of hydrogen-bond donors (Lipinski definition) is 0. The maximum Gasteiger partial charge on any atom is 0.138 e. The van der Waals surface area contributed by atoms with Gasteiger partial charge in [-0.3, -0.25) is 4.79 Å². The highest BCUT2D eigenvalue weighted by Gasteiger charge is 2.39. The summed E-state index contributed by atoms with van der Waals surface area (Å²) >= 11 is 0. The van der Waals surface area contributed by atoms with Gasteiger partial charge in [0.25, 0.3) is 0 Å². The zero-order valence-electron chi connectivity index (χ0n) is 23.9. The Morgan fingerprint density at radius 2 is 1.42 bits per heavy atom. The summed E-state index contributed by atoms with van der Waals surface area (Å²) in [6, 6.07) is 0. The molecule has 3 nitrogen and oxygen atoms in total. The van der Waals surface area contributed by atoms with Crippen LogP contribution in [0.15, 0.2) is 24.8 Å². The van der Waals surface area contributed by atoms with Crippen molar-refractivity contribution in [2.75, 3.05) is 13.2 Å². The lowest BCUT2D eigenvalue weighted by Crippen LogP contribution is -2.43. The van der Waals surface area contributed by atoms with Crippen molar-refractivity contribution in [2.45, 2.75) is 132 Å². The Kier molecular flexibility index (Phi) is 13.4. The van der Waals surface area contributed by atoms with Gasteiger partial charge >= 0.3 is 0 Å². The van der Waals surface area contributed by atoms with E-state index in [2.05, 4.69) is 61.6 Å². The fourth-order valence-corrected chi connectivity index (χ4v) is 3.72. The SMILES string of the molecule is C=CCC(CCOC(C)(C)C(C)(C)C(=C)CCCCCOC(C)(C)C)CCC(=O)C(C)(C)C. The van der Waals surface area contributed by atoms with Crippen LogP contribution in [-0.4, -0.2) is 30.2 Å². The summed E-state index contributed by atoms with van der Waals surface area (Å²) in [5.41, 5.74) is 0.508. The average Bonchev–Trinajstić information content (AvgIpc) is 2.66. The molecule has 33 heavy (non-hydrogen) atoms. The van der Waals surface area contributed by atoms with Gasteiger partial charge in [0.1, 0.15) is 5.78 Å². The van der Waals surface area contributed by atoms with Gasteiger partial charge < -0.3 is 9.47 Å². The molecule has 1 atom stereocenters. The van der Waals surface area contributed by atoms with Gasteiger partial charge in [0.05, 0.1) is 11.2 Å². The number of ether oxygens (including phenoxy) is 2. The molecule has 0 bridgehead atoms. The first-order chi connectivity index (χ1) is 14.9. The van der Waals surface area contributed by atoms with E-state index in [0.717, 1.165) is 51.6 Å². The highest BCUT2D eigenvalue weighted by Crippen LogP contribution is 2.42. The normalized spacial score (nSPS) is 14.2. The van der Waals surface area contributed by atoms with Gasteiger partial charge in [-0.2, -0.15) is 0 Å². The fourth-order valence-electron chi connectivity index (χ4n) is 3.72. The molecule has 0 saturated carbocycles. The first-order valence-electron chi connectivity index (χ1n) is 13.0. The van der Waals surface area contributed by atoms with Gasteiger partial charge in [0.2, 0.25) is 0 Å². The molecule has 0 aliphatic carbocycles. The largest absolute Gasteiger partial charge is 0.376 e. The standard InChI is InChI=1S/C30H56O3/c1-13-17-25(19-20-26(31)27(3,4)5)21-23-33-30(11,12)29(9,10)24(2)18-15-14-16-22-32-28(6,7)8/h13,25H,1-2,14-23H2,3-12H3. The van der Waals surface area contributed by atoms with E-state index < -0.39 is 0 Å². The van der Waals surface area contributed by atoms with E-state index in [1.807, 2.05) is 26.8 Å². The van der Waals surface area contributed by atoms with Crippen LogP contribution in [0, 0.1) is 16.7 Å². The number of unbranched alkanes of at least 4 members (excludes halogenated alkanes) is 2. The quantitative estimate of drug-likeness (QED) is 0.159. The second-order valence-corrected chi connectivity index (χ2v) is 12.7. The van der Waals surface area contributed by atoms with Crippen molar-refractivity contribution < 1.29 is 14.3 Å². The monoisotopic (exact) mass is 464 g/mol. The lowest BCUT2D eigenvalue weighted by Gasteiger charge is -2.43. The van der Waals surface area contributed by atoms with Crippen molar-refractivity contribution in [3.8, 4) is 0 Å². The minimum absolute atomic E-state index is 0.0558. The second kappa shape index (κ2) is 13.8. The highest BCUT2D eigenvalue weighted by atomic mass is 16.5. The Balaban J connectivity index is 4.58. The molecule has 3 heteroatoms. The number of carbonyl (C=O) groups excluding carboxylic acids is 1. The van der Waals surface area contributed by atoms with Crippen molar-refractivity contribution >= 4 is 5.78 Å². The summed E-state index contributed by atoms with van der Waals surface area (Å²) in [5.74, 6) is 0.770. The molecule has 0 radical (unpaired) electrons. The predicted octanol–water partition coefficient (Wildman–Crippen LogP) is 8.72. The van der Waals surface area contributed by atoms with E-state index in [0.29, 0.717) is 24.7 Å². The van der Waals surface area contributed by atoms with Crippen LogP contribution in [-0.2, 0) is 14.3 Å². The van der Waals surface area contributed by atoms with Crippen LogP contribution in [0.2, 0.25) is 0 Å². The molecule has 0 spiro atoms. The van der Waals surface area contributed by atoms with E-state index in [9.17, 15) is 4.79 Å². The molecule has 194 valence electrons. The molecule has 1 unspecified atom stereocenters. The summed E-state index contributed by atoms with van der Waals surface area (Å²) in [6.07, 6.45) is 9.78. The van der Waals surface area contributed by atoms with E-state index in [4.69, 9.17) is 9.47 Å². The number of allylic oxidation sites excluding steroid dienone is 1. The second-order valence-electron chi connectivity index (χ2n) is 12.7. The third-order valence-electron chi connectivity index (χ3n) is 7.15. The summed E-state index contributed by atoms with van der Waals surface area (Å²) in [5, 5.41) is 0. The maximum absolute atomic E-state index is 12.3. The van der Waals surface area contributed by atoms with Crippen molar-refractivity contribution in [1.29, 1.82) is 0 Å². The van der Waals surface area contributed by atoms with E-state index >= 15 is 0 Å². The van der Waals surface area contributed by atoms with Gasteiger partial charge in [-0.25, -0.2) is 0 Å². The molecule has 0 rings (SSSR count). The molecule has 0 aliphatic rings. The van der Waals surface area contributed by atoms with Crippen LogP contribution in [0.1, 0.15) is 121 Å². The third-order valence-corrected chi connectivity index (χ3v) is 7.15. The Morgan fingerprint density at radius 3 is 1.94 bits per heavy atom. The van der Waals surface area contributed by atoms with E-state index in [1.54, 1.807) is 0 Å². The molecular formula is C30H56O3.